The smallest absolute Gasteiger partial charge is 0.305 e. The Morgan fingerprint density at radius 1 is 0.491 bits per heavy atom. The lowest BCUT2D eigenvalue weighted by atomic mass is 10.0. The van der Waals surface area contributed by atoms with Crippen LogP contribution >= 0.6 is 0 Å². The average molecular weight is 776 g/mol. The first-order valence-electron chi connectivity index (χ1n) is 24.1. The first kappa shape index (κ1) is 53.3. The summed E-state index contributed by atoms with van der Waals surface area (Å²) < 4.78 is 5.45. The monoisotopic (exact) mass is 776 g/mol. The lowest BCUT2D eigenvalue weighted by Crippen LogP contribution is -2.45. The molecule has 0 spiro atoms. The number of carbonyl (C=O) groups excluding carboxylic acids is 2. The van der Waals surface area contributed by atoms with Crippen molar-refractivity contribution < 1.29 is 24.5 Å². The van der Waals surface area contributed by atoms with Crippen molar-refractivity contribution >= 4 is 11.9 Å². The molecule has 0 heterocycles. The van der Waals surface area contributed by atoms with Gasteiger partial charge in [0.1, 0.15) is 0 Å². The van der Waals surface area contributed by atoms with Gasteiger partial charge in [-0.05, 0) is 57.8 Å². The van der Waals surface area contributed by atoms with Crippen molar-refractivity contribution in [2.24, 2.45) is 0 Å². The Morgan fingerprint density at radius 2 is 0.855 bits per heavy atom. The third kappa shape index (κ3) is 41.8. The first-order valence-corrected chi connectivity index (χ1v) is 24.1. The van der Waals surface area contributed by atoms with Crippen LogP contribution in [-0.4, -0.2) is 47.4 Å². The molecule has 6 nitrogen and oxygen atoms in total. The summed E-state index contributed by atoms with van der Waals surface area (Å²) >= 11 is 0. The summed E-state index contributed by atoms with van der Waals surface area (Å²) in [6, 6.07) is -0.632. The largest absolute Gasteiger partial charge is 0.466 e. The standard InChI is InChI=1S/C49H93NO5/c1-3-5-7-9-11-13-15-19-23-27-31-35-39-43-49(54)55-44-40-36-32-28-24-21-18-16-17-20-22-26-30-34-38-42-48(53)50-46(45-51)47(52)41-37-33-29-25-14-12-10-8-6-4-2/h13,15,37,41,46-47,51-52H,3-12,14,16-36,38-40,42-45H2,1-2H3,(H,50,53)/b15-13-,41-37+. The number of carbonyl (C=O) groups is 2. The SMILES string of the molecule is CCCCCC/C=C\CCCCCCCC(=O)OCCCCCCCCCCCCCCCCCC(=O)NC(CO)C(O)/C=C/CCCCCCCCCC. The van der Waals surface area contributed by atoms with E-state index in [1.165, 1.54) is 167 Å². The number of hydrogen-bond acceptors (Lipinski definition) is 5. The fraction of sp³-hybridized carbons (Fsp3) is 0.878. The summed E-state index contributed by atoms with van der Waals surface area (Å²) in [5.41, 5.74) is 0. The summed E-state index contributed by atoms with van der Waals surface area (Å²) in [5, 5.41) is 22.9. The van der Waals surface area contributed by atoms with E-state index in [4.69, 9.17) is 4.74 Å². The zero-order chi connectivity index (χ0) is 40.1. The summed E-state index contributed by atoms with van der Waals surface area (Å²) in [5.74, 6) is -0.0899. The molecule has 0 fully saturated rings. The highest BCUT2D eigenvalue weighted by molar-refractivity contribution is 5.76. The Hall–Kier alpha value is -1.66. The van der Waals surface area contributed by atoms with Crippen LogP contribution in [0.4, 0.5) is 0 Å². The Bertz CT molecular complexity index is 858. The Labute approximate surface area is 341 Å². The summed E-state index contributed by atoms with van der Waals surface area (Å²) in [4.78, 5) is 24.4. The molecule has 0 saturated heterocycles. The second kappa shape index (κ2) is 45.0. The van der Waals surface area contributed by atoms with Crippen molar-refractivity contribution in [2.45, 2.75) is 264 Å². The molecule has 3 N–H and O–H groups in total. The van der Waals surface area contributed by atoms with E-state index in [1.54, 1.807) is 6.08 Å². The number of esters is 1. The Morgan fingerprint density at radius 3 is 1.31 bits per heavy atom. The topological polar surface area (TPSA) is 95.9 Å². The highest BCUT2D eigenvalue weighted by atomic mass is 16.5. The predicted molar refractivity (Wildman–Crippen MR) is 236 cm³/mol. The zero-order valence-electron chi connectivity index (χ0n) is 36.7. The van der Waals surface area contributed by atoms with Gasteiger partial charge in [0.05, 0.1) is 25.4 Å². The van der Waals surface area contributed by atoms with Gasteiger partial charge in [0.25, 0.3) is 0 Å². The van der Waals surface area contributed by atoms with Crippen LogP contribution in [0, 0.1) is 0 Å². The minimum absolute atomic E-state index is 0.0105. The van der Waals surface area contributed by atoms with Gasteiger partial charge in [0.15, 0.2) is 0 Å². The molecule has 2 atom stereocenters. The number of aliphatic hydroxyl groups is 2. The Kier molecular flexibility index (Phi) is 43.7. The van der Waals surface area contributed by atoms with Crippen molar-refractivity contribution in [3.8, 4) is 0 Å². The molecule has 0 aliphatic carbocycles. The van der Waals surface area contributed by atoms with Crippen molar-refractivity contribution in [3.63, 3.8) is 0 Å². The van der Waals surface area contributed by atoms with E-state index >= 15 is 0 Å². The third-order valence-corrected chi connectivity index (χ3v) is 11.0. The van der Waals surface area contributed by atoms with E-state index in [2.05, 4.69) is 31.3 Å². The van der Waals surface area contributed by atoms with Gasteiger partial charge in [-0.2, -0.15) is 0 Å². The molecule has 2 unspecified atom stereocenters. The molecule has 0 aromatic heterocycles. The van der Waals surface area contributed by atoms with Crippen molar-refractivity contribution in [3.05, 3.63) is 24.3 Å². The van der Waals surface area contributed by atoms with Gasteiger partial charge >= 0.3 is 5.97 Å². The van der Waals surface area contributed by atoms with Crippen LogP contribution in [0.3, 0.4) is 0 Å². The number of amides is 1. The summed E-state index contributed by atoms with van der Waals surface area (Å²) in [6.07, 6.45) is 51.7. The summed E-state index contributed by atoms with van der Waals surface area (Å²) in [7, 11) is 0. The molecule has 0 radical (unpaired) electrons. The van der Waals surface area contributed by atoms with Crippen molar-refractivity contribution in [1.82, 2.24) is 5.32 Å². The lowest BCUT2D eigenvalue weighted by molar-refractivity contribution is -0.143. The maximum Gasteiger partial charge on any atom is 0.305 e. The number of hydrogen-bond donors (Lipinski definition) is 3. The van der Waals surface area contributed by atoms with E-state index in [0.29, 0.717) is 19.4 Å². The van der Waals surface area contributed by atoms with Gasteiger partial charge in [-0.1, -0.05) is 205 Å². The molecule has 0 aliphatic heterocycles. The van der Waals surface area contributed by atoms with Gasteiger partial charge in [0.2, 0.25) is 5.91 Å². The van der Waals surface area contributed by atoms with Gasteiger partial charge in [-0.3, -0.25) is 9.59 Å². The lowest BCUT2D eigenvalue weighted by Gasteiger charge is -2.20. The Balaban J connectivity index is 3.45. The van der Waals surface area contributed by atoms with Crippen LogP contribution < -0.4 is 5.32 Å². The van der Waals surface area contributed by atoms with Crippen LogP contribution in [0.5, 0.6) is 0 Å². The second-order valence-corrected chi connectivity index (χ2v) is 16.4. The first-order chi connectivity index (χ1) is 27.0. The second-order valence-electron chi connectivity index (χ2n) is 16.4. The number of aliphatic hydroxyl groups excluding tert-OH is 2. The molecule has 0 saturated carbocycles. The number of rotatable bonds is 44. The van der Waals surface area contributed by atoms with E-state index in [-0.39, 0.29) is 18.5 Å². The predicted octanol–water partition coefficient (Wildman–Crippen LogP) is 14.0. The third-order valence-electron chi connectivity index (χ3n) is 11.0. The minimum Gasteiger partial charge on any atom is -0.466 e. The molecule has 0 aliphatic rings. The minimum atomic E-state index is -0.848. The number of nitrogens with one attached hydrogen (secondary N) is 1. The zero-order valence-corrected chi connectivity index (χ0v) is 36.7. The van der Waals surface area contributed by atoms with Gasteiger partial charge in [-0.25, -0.2) is 0 Å². The average Bonchev–Trinajstić information content (AvgIpc) is 3.18. The van der Waals surface area contributed by atoms with E-state index in [0.717, 1.165) is 57.8 Å². The van der Waals surface area contributed by atoms with Gasteiger partial charge in [-0.15, -0.1) is 0 Å². The maximum atomic E-state index is 12.4. The molecule has 0 aromatic rings. The van der Waals surface area contributed by atoms with E-state index in [1.807, 2.05) is 6.08 Å². The van der Waals surface area contributed by atoms with Crippen LogP contribution in [-0.2, 0) is 14.3 Å². The fourth-order valence-electron chi connectivity index (χ4n) is 7.21. The van der Waals surface area contributed by atoms with Crippen LogP contribution in [0.1, 0.15) is 251 Å². The highest BCUT2D eigenvalue weighted by Gasteiger charge is 2.18. The normalized spacial score (nSPS) is 12.9. The van der Waals surface area contributed by atoms with Crippen LogP contribution in [0.15, 0.2) is 24.3 Å². The van der Waals surface area contributed by atoms with Crippen LogP contribution in [0.2, 0.25) is 0 Å². The molecule has 6 heteroatoms. The molecule has 0 aromatic carbocycles. The molecule has 55 heavy (non-hydrogen) atoms. The number of allylic oxidation sites excluding steroid dienone is 3. The summed E-state index contributed by atoms with van der Waals surface area (Å²) in [6.45, 7) is 4.84. The number of unbranched alkanes of at least 4 members (excludes halogenated alkanes) is 31. The van der Waals surface area contributed by atoms with Gasteiger partial charge in [0, 0.05) is 12.8 Å². The van der Waals surface area contributed by atoms with E-state index in [9.17, 15) is 19.8 Å². The molecular weight excluding hydrogens is 683 g/mol. The number of ether oxygens (including phenoxy) is 1. The molecule has 1 amide bonds. The highest BCUT2D eigenvalue weighted by Crippen LogP contribution is 2.15. The van der Waals surface area contributed by atoms with Crippen molar-refractivity contribution in [1.29, 1.82) is 0 Å². The van der Waals surface area contributed by atoms with E-state index < -0.39 is 12.1 Å². The fourth-order valence-corrected chi connectivity index (χ4v) is 7.21. The molecule has 0 rings (SSSR count). The molecule has 324 valence electrons. The van der Waals surface area contributed by atoms with Crippen LogP contribution in [0.25, 0.3) is 0 Å². The quantitative estimate of drug-likeness (QED) is 0.0325. The van der Waals surface area contributed by atoms with Gasteiger partial charge < -0.3 is 20.3 Å². The maximum absolute atomic E-state index is 12.4. The molecular formula is C49H93NO5. The van der Waals surface area contributed by atoms with Crippen molar-refractivity contribution in [2.75, 3.05) is 13.2 Å². The molecule has 0 bridgehead atoms.